The van der Waals surface area contributed by atoms with Gasteiger partial charge in [0.1, 0.15) is 6.33 Å². The van der Waals surface area contributed by atoms with Crippen LogP contribution >= 0.6 is 0 Å². The summed E-state index contributed by atoms with van der Waals surface area (Å²) in [4.78, 5) is 8.72. The van der Waals surface area contributed by atoms with Crippen molar-refractivity contribution in [3.8, 4) is 0 Å². The summed E-state index contributed by atoms with van der Waals surface area (Å²) >= 11 is 0. The van der Waals surface area contributed by atoms with Gasteiger partial charge in [-0.25, -0.2) is 9.97 Å². The van der Waals surface area contributed by atoms with Gasteiger partial charge >= 0.3 is 6.18 Å². The minimum atomic E-state index is -4.41. The highest BCUT2D eigenvalue weighted by Crippen LogP contribution is 2.35. The van der Waals surface area contributed by atoms with Gasteiger partial charge < -0.3 is 4.90 Å². The molecule has 16 heavy (non-hydrogen) atoms. The summed E-state index contributed by atoms with van der Waals surface area (Å²) < 4.78 is 38.0. The number of halogens is 3. The standard InChI is InChI=1S/C10H12F3N3/c1-7-2-3-16(5-7)8-4-14-6-15-9(8)10(11,12)13/h4,6-7H,2-3,5H2,1H3/t7-/m1/s1. The summed E-state index contributed by atoms with van der Waals surface area (Å²) in [7, 11) is 0. The van der Waals surface area contributed by atoms with E-state index in [0.29, 0.717) is 19.0 Å². The van der Waals surface area contributed by atoms with Gasteiger partial charge in [0.25, 0.3) is 0 Å². The Balaban J connectivity index is 2.34. The van der Waals surface area contributed by atoms with Crippen LogP contribution < -0.4 is 4.90 Å². The predicted molar refractivity (Wildman–Crippen MR) is 53.0 cm³/mol. The number of hydrogen-bond acceptors (Lipinski definition) is 3. The highest BCUT2D eigenvalue weighted by molar-refractivity contribution is 5.50. The summed E-state index contributed by atoms with van der Waals surface area (Å²) in [6.07, 6.45) is -1.32. The summed E-state index contributed by atoms with van der Waals surface area (Å²) in [5.41, 5.74) is -0.740. The molecule has 1 aliphatic heterocycles. The number of aromatic nitrogens is 2. The second-order valence-corrected chi connectivity index (χ2v) is 4.09. The molecule has 0 spiro atoms. The second-order valence-electron chi connectivity index (χ2n) is 4.09. The fourth-order valence-electron chi connectivity index (χ4n) is 1.93. The van der Waals surface area contributed by atoms with Crippen LogP contribution in [0.3, 0.4) is 0 Å². The first-order valence-electron chi connectivity index (χ1n) is 5.10. The third kappa shape index (κ3) is 2.10. The van der Waals surface area contributed by atoms with Crippen LogP contribution in [0.25, 0.3) is 0 Å². The van der Waals surface area contributed by atoms with Crippen LogP contribution in [0.5, 0.6) is 0 Å². The van der Waals surface area contributed by atoms with E-state index in [1.807, 2.05) is 6.92 Å². The van der Waals surface area contributed by atoms with Crippen LogP contribution in [0, 0.1) is 5.92 Å². The maximum absolute atomic E-state index is 12.7. The number of alkyl halides is 3. The van der Waals surface area contributed by atoms with Gasteiger partial charge in [0.15, 0.2) is 5.69 Å². The first kappa shape index (κ1) is 11.2. The number of nitrogens with zero attached hydrogens (tertiary/aromatic N) is 3. The van der Waals surface area contributed by atoms with Crippen molar-refractivity contribution >= 4 is 5.69 Å². The minimum absolute atomic E-state index is 0.0966. The molecule has 1 fully saturated rings. The molecule has 1 saturated heterocycles. The van der Waals surface area contributed by atoms with E-state index in [-0.39, 0.29) is 5.69 Å². The Kier molecular flexibility index (Phi) is 2.73. The molecule has 0 radical (unpaired) electrons. The molecule has 0 aromatic carbocycles. The number of hydrogen-bond donors (Lipinski definition) is 0. The van der Waals surface area contributed by atoms with E-state index in [9.17, 15) is 13.2 Å². The molecule has 1 aliphatic rings. The van der Waals surface area contributed by atoms with Crippen molar-refractivity contribution in [2.75, 3.05) is 18.0 Å². The zero-order chi connectivity index (χ0) is 11.8. The summed E-state index contributed by atoms with van der Waals surface area (Å²) in [6, 6.07) is 0. The van der Waals surface area contributed by atoms with Crippen molar-refractivity contribution in [1.82, 2.24) is 9.97 Å². The van der Waals surface area contributed by atoms with Gasteiger partial charge in [-0.3, -0.25) is 0 Å². The number of anilines is 1. The van der Waals surface area contributed by atoms with Crippen LogP contribution in [-0.4, -0.2) is 23.1 Å². The molecule has 1 atom stereocenters. The monoisotopic (exact) mass is 231 g/mol. The molecule has 2 rings (SSSR count). The van der Waals surface area contributed by atoms with Crippen molar-refractivity contribution in [3.63, 3.8) is 0 Å². The van der Waals surface area contributed by atoms with Crippen LogP contribution in [0.1, 0.15) is 19.0 Å². The van der Waals surface area contributed by atoms with Gasteiger partial charge in [-0.2, -0.15) is 13.2 Å². The molecule has 3 nitrogen and oxygen atoms in total. The fraction of sp³-hybridized carbons (Fsp3) is 0.600. The molecular weight excluding hydrogens is 219 g/mol. The quantitative estimate of drug-likeness (QED) is 0.742. The lowest BCUT2D eigenvalue weighted by Crippen LogP contribution is -2.24. The highest BCUT2D eigenvalue weighted by Gasteiger charge is 2.37. The molecule has 6 heteroatoms. The predicted octanol–water partition coefficient (Wildman–Crippen LogP) is 2.34. The maximum atomic E-state index is 12.7. The molecule has 88 valence electrons. The third-order valence-electron chi connectivity index (χ3n) is 2.73. The molecule has 2 heterocycles. The summed E-state index contributed by atoms with van der Waals surface area (Å²) in [5, 5.41) is 0. The van der Waals surface area contributed by atoms with Gasteiger partial charge in [-0.1, -0.05) is 6.92 Å². The highest BCUT2D eigenvalue weighted by atomic mass is 19.4. The van der Waals surface area contributed by atoms with Crippen LogP contribution in [0.4, 0.5) is 18.9 Å². The van der Waals surface area contributed by atoms with E-state index in [4.69, 9.17) is 0 Å². The lowest BCUT2D eigenvalue weighted by atomic mass is 10.2. The topological polar surface area (TPSA) is 29.0 Å². The third-order valence-corrected chi connectivity index (χ3v) is 2.73. The number of rotatable bonds is 1. The first-order valence-corrected chi connectivity index (χ1v) is 5.10. The van der Waals surface area contributed by atoms with E-state index >= 15 is 0 Å². The van der Waals surface area contributed by atoms with E-state index in [0.717, 1.165) is 12.7 Å². The van der Waals surface area contributed by atoms with E-state index in [2.05, 4.69) is 9.97 Å². The largest absolute Gasteiger partial charge is 0.435 e. The molecule has 1 aromatic heterocycles. The molecule has 0 aliphatic carbocycles. The van der Waals surface area contributed by atoms with Crippen molar-refractivity contribution < 1.29 is 13.2 Å². The van der Waals surface area contributed by atoms with Crippen molar-refractivity contribution in [2.45, 2.75) is 19.5 Å². The van der Waals surface area contributed by atoms with Crippen molar-refractivity contribution in [3.05, 3.63) is 18.2 Å². The summed E-state index contributed by atoms with van der Waals surface area (Å²) in [5.74, 6) is 0.418. The fourth-order valence-corrected chi connectivity index (χ4v) is 1.93. The minimum Gasteiger partial charge on any atom is -0.368 e. The summed E-state index contributed by atoms with van der Waals surface area (Å²) in [6.45, 7) is 3.30. The van der Waals surface area contributed by atoms with E-state index < -0.39 is 11.9 Å². The van der Waals surface area contributed by atoms with Gasteiger partial charge in [0, 0.05) is 13.1 Å². The average molecular weight is 231 g/mol. The zero-order valence-electron chi connectivity index (χ0n) is 8.83. The van der Waals surface area contributed by atoms with Gasteiger partial charge in [-0.15, -0.1) is 0 Å². The Bertz CT molecular complexity index is 378. The lowest BCUT2D eigenvalue weighted by Gasteiger charge is -2.21. The van der Waals surface area contributed by atoms with Crippen molar-refractivity contribution in [1.29, 1.82) is 0 Å². The van der Waals surface area contributed by atoms with Gasteiger partial charge in [0.2, 0.25) is 0 Å². The van der Waals surface area contributed by atoms with Crippen LogP contribution in [0.2, 0.25) is 0 Å². The van der Waals surface area contributed by atoms with E-state index in [1.54, 1.807) is 4.90 Å². The van der Waals surface area contributed by atoms with E-state index in [1.165, 1.54) is 6.20 Å². The average Bonchev–Trinajstić information content (AvgIpc) is 2.64. The first-order chi connectivity index (χ1) is 7.48. The molecule has 0 N–H and O–H groups in total. The Morgan fingerprint density at radius 2 is 2.19 bits per heavy atom. The molecule has 0 saturated carbocycles. The zero-order valence-corrected chi connectivity index (χ0v) is 8.83. The molecular formula is C10H12F3N3. The normalized spacial score (nSPS) is 21.5. The van der Waals surface area contributed by atoms with Crippen LogP contribution in [-0.2, 0) is 6.18 Å². The van der Waals surface area contributed by atoms with Gasteiger partial charge in [-0.05, 0) is 12.3 Å². The Labute approximate surface area is 91.3 Å². The molecule has 0 unspecified atom stereocenters. The van der Waals surface area contributed by atoms with Crippen molar-refractivity contribution in [2.24, 2.45) is 5.92 Å². The molecule has 0 amide bonds. The molecule has 1 aromatic rings. The Morgan fingerprint density at radius 1 is 1.44 bits per heavy atom. The second kappa shape index (κ2) is 3.92. The Morgan fingerprint density at radius 3 is 2.75 bits per heavy atom. The van der Waals surface area contributed by atoms with Crippen LogP contribution in [0.15, 0.2) is 12.5 Å². The smallest absolute Gasteiger partial charge is 0.368 e. The SMILES string of the molecule is C[C@@H]1CCN(c2cncnc2C(F)(F)F)C1. The maximum Gasteiger partial charge on any atom is 0.435 e. The van der Waals surface area contributed by atoms with Gasteiger partial charge in [0.05, 0.1) is 11.9 Å². The lowest BCUT2D eigenvalue weighted by molar-refractivity contribution is -0.140. The molecule has 0 bridgehead atoms. The Hall–Kier alpha value is -1.33.